The lowest BCUT2D eigenvalue weighted by Crippen LogP contribution is -2.30. The number of carbonyl (C=O) groups is 1. The maximum absolute atomic E-state index is 13.1. The van der Waals surface area contributed by atoms with Gasteiger partial charge in [-0.15, -0.1) is 0 Å². The first-order chi connectivity index (χ1) is 18.5. The molecule has 1 aromatic heterocycles. The highest BCUT2D eigenvalue weighted by Gasteiger charge is 2.31. The van der Waals surface area contributed by atoms with Crippen LogP contribution in [0, 0.1) is 18.8 Å². The number of hydrogen-bond donors (Lipinski definition) is 2. The van der Waals surface area contributed by atoms with Crippen molar-refractivity contribution < 1.29 is 18.0 Å². The van der Waals surface area contributed by atoms with E-state index >= 15 is 0 Å². The second kappa shape index (κ2) is 11.5. The van der Waals surface area contributed by atoms with Crippen molar-refractivity contribution in [2.45, 2.75) is 46.7 Å². The molecule has 0 spiro atoms. The number of aromatic nitrogens is 2. The zero-order valence-corrected chi connectivity index (χ0v) is 22.6. The molecule has 0 aliphatic carbocycles. The van der Waals surface area contributed by atoms with Crippen LogP contribution in [0.15, 0.2) is 55.0 Å². The Morgan fingerprint density at radius 2 is 1.92 bits per heavy atom. The summed E-state index contributed by atoms with van der Waals surface area (Å²) in [6.45, 7) is 9.71. The SMILES string of the molecule is Cc1ncnc(N)c1/C(=C\NC[C@@H](C)C(C)C)c1ccc2c(c1)CCN2C(=O)Cc1cccc(C(F)(F)F)c1. The molecule has 0 radical (unpaired) electrons. The van der Waals surface area contributed by atoms with E-state index in [2.05, 4.69) is 36.1 Å². The van der Waals surface area contributed by atoms with Gasteiger partial charge < -0.3 is 16.0 Å². The van der Waals surface area contributed by atoms with E-state index in [1.807, 2.05) is 31.3 Å². The fraction of sp³-hybridized carbons (Fsp3) is 0.367. The Hall–Kier alpha value is -3.88. The number of alkyl halides is 3. The van der Waals surface area contributed by atoms with E-state index in [1.165, 1.54) is 12.4 Å². The molecule has 6 nitrogen and oxygen atoms in total. The van der Waals surface area contributed by atoms with Crippen LogP contribution in [0.5, 0.6) is 0 Å². The molecule has 39 heavy (non-hydrogen) atoms. The Morgan fingerprint density at radius 3 is 2.62 bits per heavy atom. The molecule has 0 bridgehead atoms. The minimum absolute atomic E-state index is 0.106. The van der Waals surface area contributed by atoms with Crippen molar-refractivity contribution in [3.63, 3.8) is 0 Å². The molecule has 206 valence electrons. The quantitative estimate of drug-likeness (QED) is 0.380. The van der Waals surface area contributed by atoms with Gasteiger partial charge in [0.2, 0.25) is 5.91 Å². The monoisotopic (exact) mass is 537 g/mol. The Labute approximate surface area is 227 Å². The molecular weight excluding hydrogens is 503 g/mol. The number of benzene rings is 2. The van der Waals surface area contributed by atoms with Gasteiger partial charge in [-0.25, -0.2) is 9.97 Å². The predicted molar refractivity (Wildman–Crippen MR) is 148 cm³/mol. The van der Waals surface area contributed by atoms with Crippen LogP contribution in [0.1, 0.15) is 54.3 Å². The Bertz CT molecular complexity index is 1360. The third-order valence-corrected chi connectivity index (χ3v) is 7.36. The Kier molecular flexibility index (Phi) is 8.28. The number of halogens is 3. The highest BCUT2D eigenvalue weighted by Crippen LogP contribution is 2.35. The highest BCUT2D eigenvalue weighted by molar-refractivity contribution is 5.97. The van der Waals surface area contributed by atoms with Crippen molar-refractivity contribution in [1.29, 1.82) is 0 Å². The summed E-state index contributed by atoms with van der Waals surface area (Å²) in [5.74, 6) is 1.13. The third kappa shape index (κ3) is 6.41. The van der Waals surface area contributed by atoms with E-state index in [0.29, 0.717) is 36.2 Å². The van der Waals surface area contributed by atoms with Gasteiger partial charge in [-0.3, -0.25) is 4.79 Å². The summed E-state index contributed by atoms with van der Waals surface area (Å²) in [6, 6.07) is 10.8. The number of nitrogens with zero attached hydrogens (tertiary/aromatic N) is 3. The zero-order valence-electron chi connectivity index (χ0n) is 22.6. The minimum atomic E-state index is -4.45. The molecule has 0 saturated heterocycles. The van der Waals surface area contributed by atoms with Crippen molar-refractivity contribution in [2.75, 3.05) is 23.7 Å². The lowest BCUT2D eigenvalue weighted by molar-refractivity contribution is -0.137. The number of anilines is 2. The van der Waals surface area contributed by atoms with Crippen molar-refractivity contribution in [1.82, 2.24) is 15.3 Å². The summed E-state index contributed by atoms with van der Waals surface area (Å²) in [5.41, 5.74) is 10.9. The second-order valence-electron chi connectivity index (χ2n) is 10.4. The number of carbonyl (C=O) groups excluding carboxylic acids is 1. The maximum atomic E-state index is 13.1. The van der Waals surface area contributed by atoms with E-state index in [9.17, 15) is 18.0 Å². The first-order valence-electron chi connectivity index (χ1n) is 13.1. The van der Waals surface area contributed by atoms with E-state index in [4.69, 9.17) is 5.73 Å². The van der Waals surface area contributed by atoms with E-state index in [-0.39, 0.29) is 12.3 Å². The normalized spacial score (nSPS) is 14.5. The van der Waals surface area contributed by atoms with Crippen LogP contribution < -0.4 is 16.0 Å². The smallest absolute Gasteiger partial charge is 0.390 e. The van der Waals surface area contributed by atoms with Gasteiger partial charge in [-0.05, 0) is 60.1 Å². The van der Waals surface area contributed by atoms with Gasteiger partial charge in [-0.1, -0.05) is 45.0 Å². The number of aryl methyl sites for hydroxylation is 1. The second-order valence-corrected chi connectivity index (χ2v) is 10.4. The van der Waals surface area contributed by atoms with Crippen molar-refractivity contribution in [3.05, 3.63) is 88.5 Å². The molecule has 2 heterocycles. The maximum Gasteiger partial charge on any atom is 0.416 e. The van der Waals surface area contributed by atoms with Gasteiger partial charge in [0.15, 0.2) is 0 Å². The number of nitrogens with one attached hydrogen (secondary N) is 1. The summed E-state index contributed by atoms with van der Waals surface area (Å²) >= 11 is 0. The summed E-state index contributed by atoms with van der Waals surface area (Å²) in [7, 11) is 0. The molecule has 3 N–H and O–H groups in total. The van der Waals surface area contributed by atoms with Crippen molar-refractivity contribution in [3.8, 4) is 0 Å². The molecule has 0 unspecified atom stereocenters. The standard InChI is InChI=1S/C30H34F3N5O/c1-18(2)19(3)15-35-16-25(28-20(4)36-17-37-29(28)34)22-8-9-26-23(14-22)10-11-38(26)27(39)13-21-6-5-7-24(12-21)30(31,32)33/h5-9,12,14,16-19,35H,10-11,13,15H2,1-4H3,(H2,34,36,37)/b25-16-/t19-/m1/s1. The molecule has 4 rings (SSSR count). The van der Waals surface area contributed by atoms with Crippen molar-refractivity contribution >= 4 is 23.0 Å². The molecule has 3 aromatic rings. The predicted octanol–water partition coefficient (Wildman–Crippen LogP) is 5.79. The van der Waals surface area contributed by atoms with Crippen LogP contribution in [0.4, 0.5) is 24.7 Å². The lowest BCUT2D eigenvalue weighted by atomic mass is 9.95. The molecule has 1 atom stereocenters. The van der Waals surface area contributed by atoms with Crippen LogP contribution in [0.3, 0.4) is 0 Å². The first kappa shape index (κ1) is 28.1. The lowest BCUT2D eigenvalue weighted by Gasteiger charge is -2.19. The number of hydrogen-bond acceptors (Lipinski definition) is 5. The zero-order chi connectivity index (χ0) is 28.3. The summed E-state index contributed by atoms with van der Waals surface area (Å²) in [6.07, 6.45) is -0.521. The van der Waals surface area contributed by atoms with Gasteiger partial charge >= 0.3 is 6.18 Å². The van der Waals surface area contributed by atoms with Crippen LogP contribution >= 0.6 is 0 Å². The number of nitrogens with two attached hydrogens (primary N) is 1. The molecule has 0 saturated carbocycles. The van der Waals surface area contributed by atoms with Gasteiger partial charge in [0, 0.05) is 36.1 Å². The van der Waals surface area contributed by atoms with Crippen LogP contribution in [0.2, 0.25) is 0 Å². The minimum Gasteiger partial charge on any atom is -0.390 e. The molecule has 0 fully saturated rings. The van der Waals surface area contributed by atoms with Gasteiger partial charge in [0.1, 0.15) is 12.1 Å². The highest BCUT2D eigenvalue weighted by atomic mass is 19.4. The number of rotatable bonds is 8. The summed E-state index contributed by atoms with van der Waals surface area (Å²) in [4.78, 5) is 23.3. The van der Waals surface area contributed by atoms with Crippen LogP contribution in [-0.4, -0.2) is 29.0 Å². The van der Waals surface area contributed by atoms with E-state index in [1.54, 1.807) is 11.0 Å². The van der Waals surface area contributed by atoms with Gasteiger partial charge in [-0.2, -0.15) is 13.2 Å². The summed E-state index contributed by atoms with van der Waals surface area (Å²) in [5, 5.41) is 3.44. The largest absolute Gasteiger partial charge is 0.416 e. The van der Waals surface area contributed by atoms with E-state index < -0.39 is 11.7 Å². The topological polar surface area (TPSA) is 84.1 Å². The van der Waals surface area contributed by atoms with Gasteiger partial charge in [0.05, 0.1) is 17.7 Å². The first-order valence-corrected chi connectivity index (χ1v) is 13.1. The number of fused-ring (bicyclic) bond motifs is 1. The Morgan fingerprint density at radius 1 is 1.15 bits per heavy atom. The van der Waals surface area contributed by atoms with E-state index in [0.717, 1.165) is 52.3 Å². The Balaban J connectivity index is 1.61. The van der Waals surface area contributed by atoms with Crippen molar-refractivity contribution in [2.24, 2.45) is 11.8 Å². The molecule has 1 aliphatic heterocycles. The van der Waals surface area contributed by atoms with Crippen LogP contribution in [-0.2, 0) is 23.8 Å². The molecule has 1 aliphatic rings. The van der Waals surface area contributed by atoms with Crippen LogP contribution in [0.25, 0.3) is 5.57 Å². The molecule has 2 aromatic carbocycles. The fourth-order valence-corrected chi connectivity index (χ4v) is 4.66. The fourth-order valence-electron chi connectivity index (χ4n) is 4.66. The summed E-state index contributed by atoms with van der Waals surface area (Å²) < 4.78 is 39.3. The average Bonchev–Trinajstić information content (AvgIpc) is 3.30. The molecule has 1 amide bonds. The molecular formula is C30H34F3N5O. The third-order valence-electron chi connectivity index (χ3n) is 7.36. The number of amides is 1. The average molecular weight is 538 g/mol. The molecule has 9 heteroatoms. The number of nitrogen functional groups attached to an aromatic ring is 1. The van der Waals surface area contributed by atoms with Gasteiger partial charge in [0.25, 0.3) is 0 Å².